The number of sulfonamides is 1. The van der Waals surface area contributed by atoms with Gasteiger partial charge in [-0.2, -0.15) is 0 Å². The van der Waals surface area contributed by atoms with E-state index in [9.17, 15) is 8.42 Å². The Bertz CT molecular complexity index is 401. The average molecular weight is 214 g/mol. The lowest BCUT2D eigenvalue weighted by Crippen LogP contribution is -2.10. The summed E-state index contributed by atoms with van der Waals surface area (Å²) in [5.41, 5.74) is 7.01. The molecule has 0 atom stereocenters. The van der Waals surface area contributed by atoms with Crippen LogP contribution in [0.5, 0.6) is 0 Å². The summed E-state index contributed by atoms with van der Waals surface area (Å²) in [5, 5.41) is 0. The van der Waals surface area contributed by atoms with E-state index in [1.807, 2.05) is 6.07 Å². The minimum absolute atomic E-state index is 0.558. The van der Waals surface area contributed by atoms with E-state index in [-0.39, 0.29) is 0 Å². The molecule has 78 valence electrons. The van der Waals surface area contributed by atoms with Crippen LogP contribution in [0.3, 0.4) is 0 Å². The molecule has 0 radical (unpaired) electrons. The number of hydrogen-bond acceptors (Lipinski definition) is 3. The second-order valence-corrected chi connectivity index (χ2v) is 4.86. The molecule has 0 aliphatic heterocycles. The second-order valence-electron chi connectivity index (χ2n) is 3.11. The van der Waals surface area contributed by atoms with Crippen LogP contribution in [-0.4, -0.2) is 21.2 Å². The number of anilines is 1. The predicted octanol–water partition coefficient (Wildman–Crippen LogP) is 0.559. The van der Waals surface area contributed by atoms with Gasteiger partial charge in [-0.15, -0.1) is 0 Å². The van der Waals surface area contributed by atoms with E-state index in [0.717, 1.165) is 18.2 Å². The summed E-state index contributed by atoms with van der Waals surface area (Å²) < 4.78 is 24.3. The van der Waals surface area contributed by atoms with E-state index in [1.165, 1.54) is 0 Å². The van der Waals surface area contributed by atoms with Crippen LogP contribution >= 0.6 is 0 Å². The first-order chi connectivity index (χ1) is 6.51. The van der Waals surface area contributed by atoms with Crippen molar-refractivity contribution in [3.05, 3.63) is 29.8 Å². The Morgan fingerprint density at radius 3 is 2.71 bits per heavy atom. The Morgan fingerprint density at radius 1 is 1.43 bits per heavy atom. The molecule has 3 N–H and O–H groups in total. The van der Waals surface area contributed by atoms with E-state index in [1.54, 1.807) is 18.2 Å². The lowest BCUT2D eigenvalue weighted by Gasteiger charge is -2.05. The summed E-state index contributed by atoms with van der Waals surface area (Å²) in [6.07, 6.45) is 1.88. The van der Waals surface area contributed by atoms with Gasteiger partial charge in [0.1, 0.15) is 0 Å². The molecule has 0 aromatic heterocycles. The van der Waals surface area contributed by atoms with Crippen molar-refractivity contribution >= 4 is 15.7 Å². The molecule has 5 heteroatoms. The van der Waals surface area contributed by atoms with Crippen LogP contribution < -0.4 is 10.5 Å². The highest BCUT2D eigenvalue weighted by Gasteiger charge is 2.01. The predicted molar refractivity (Wildman–Crippen MR) is 57.7 cm³/mol. The van der Waals surface area contributed by atoms with E-state index >= 15 is 0 Å². The van der Waals surface area contributed by atoms with Crippen molar-refractivity contribution in [1.82, 2.24) is 0 Å². The van der Waals surface area contributed by atoms with Gasteiger partial charge in [0, 0.05) is 5.69 Å². The molecular formula is C9H14N2O2S. The molecule has 1 aromatic rings. The molecule has 0 amide bonds. The van der Waals surface area contributed by atoms with Crippen LogP contribution in [0.1, 0.15) is 5.56 Å². The number of nitrogens with two attached hydrogens (primary N) is 1. The molecule has 14 heavy (non-hydrogen) atoms. The first-order valence-electron chi connectivity index (χ1n) is 4.28. The molecule has 0 saturated carbocycles. The molecule has 0 bridgehead atoms. The molecule has 0 fully saturated rings. The average Bonchev–Trinajstić information content (AvgIpc) is 2.02. The van der Waals surface area contributed by atoms with E-state index in [4.69, 9.17) is 5.73 Å². The molecular weight excluding hydrogens is 200 g/mol. The third-order valence-corrected chi connectivity index (χ3v) is 2.27. The van der Waals surface area contributed by atoms with Gasteiger partial charge < -0.3 is 5.73 Å². The Labute approximate surface area is 84.2 Å². The van der Waals surface area contributed by atoms with Crippen LogP contribution in [0.15, 0.2) is 24.3 Å². The van der Waals surface area contributed by atoms with Gasteiger partial charge >= 0.3 is 0 Å². The zero-order chi connectivity index (χ0) is 10.6. The van der Waals surface area contributed by atoms with Crippen LogP contribution in [0, 0.1) is 0 Å². The van der Waals surface area contributed by atoms with E-state index in [2.05, 4.69) is 4.72 Å². The fraction of sp³-hybridized carbons (Fsp3) is 0.333. The highest BCUT2D eigenvalue weighted by Crippen LogP contribution is 2.11. The zero-order valence-corrected chi connectivity index (χ0v) is 8.84. The van der Waals surface area contributed by atoms with Crippen molar-refractivity contribution < 1.29 is 8.42 Å². The summed E-state index contributed by atoms with van der Waals surface area (Å²) in [6.45, 7) is 0.558. The zero-order valence-electron chi connectivity index (χ0n) is 8.03. The Morgan fingerprint density at radius 2 is 2.14 bits per heavy atom. The Balaban J connectivity index is 2.83. The van der Waals surface area contributed by atoms with Crippen LogP contribution in [0.25, 0.3) is 0 Å². The van der Waals surface area contributed by atoms with Crippen molar-refractivity contribution in [3.8, 4) is 0 Å². The maximum absolute atomic E-state index is 10.9. The minimum Gasteiger partial charge on any atom is -0.330 e. The van der Waals surface area contributed by atoms with Crippen molar-refractivity contribution in [3.63, 3.8) is 0 Å². The topological polar surface area (TPSA) is 72.2 Å². The van der Waals surface area contributed by atoms with Gasteiger partial charge in [-0.1, -0.05) is 12.1 Å². The molecule has 0 unspecified atom stereocenters. The first-order valence-corrected chi connectivity index (χ1v) is 6.17. The van der Waals surface area contributed by atoms with Gasteiger partial charge in [0.2, 0.25) is 10.0 Å². The molecule has 0 aliphatic rings. The molecule has 0 spiro atoms. The van der Waals surface area contributed by atoms with Crippen molar-refractivity contribution in [1.29, 1.82) is 0 Å². The minimum atomic E-state index is -3.19. The Kier molecular flexibility index (Phi) is 3.49. The lowest BCUT2D eigenvalue weighted by atomic mass is 10.1. The van der Waals surface area contributed by atoms with Gasteiger partial charge in [-0.05, 0) is 30.7 Å². The van der Waals surface area contributed by atoms with Crippen molar-refractivity contribution in [2.45, 2.75) is 6.42 Å². The lowest BCUT2D eigenvalue weighted by molar-refractivity contribution is 0.607. The maximum atomic E-state index is 10.9. The number of rotatable bonds is 4. The summed E-state index contributed by atoms with van der Waals surface area (Å²) in [4.78, 5) is 0. The highest BCUT2D eigenvalue weighted by atomic mass is 32.2. The van der Waals surface area contributed by atoms with Crippen molar-refractivity contribution in [2.24, 2.45) is 5.73 Å². The van der Waals surface area contributed by atoms with Crippen LogP contribution in [0.4, 0.5) is 5.69 Å². The molecule has 1 rings (SSSR count). The largest absolute Gasteiger partial charge is 0.330 e. The van der Waals surface area contributed by atoms with Gasteiger partial charge in [0.25, 0.3) is 0 Å². The third-order valence-electron chi connectivity index (χ3n) is 1.66. The van der Waals surface area contributed by atoms with Crippen LogP contribution in [-0.2, 0) is 16.4 Å². The molecule has 0 aliphatic carbocycles. The first kappa shape index (κ1) is 11.0. The number of nitrogens with one attached hydrogen (secondary N) is 1. The van der Waals surface area contributed by atoms with Gasteiger partial charge in [-0.3, -0.25) is 4.72 Å². The quantitative estimate of drug-likeness (QED) is 0.769. The monoisotopic (exact) mass is 214 g/mol. The third kappa shape index (κ3) is 3.76. The smallest absolute Gasteiger partial charge is 0.229 e. The number of benzene rings is 1. The molecule has 4 nitrogen and oxygen atoms in total. The highest BCUT2D eigenvalue weighted by molar-refractivity contribution is 7.92. The van der Waals surface area contributed by atoms with Gasteiger partial charge in [0.05, 0.1) is 6.26 Å². The van der Waals surface area contributed by atoms with E-state index < -0.39 is 10.0 Å². The SMILES string of the molecule is CS(=O)(=O)Nc1cccc(CCN)c1. The standard InChI is InChI=1S/C9H14N2O2S/c1-14(12,13)11-9-4-2-3-8(7-9)5-6-10/h2-4,7,11H,5-6,10H2,1H3. The summed E-state index contributed by atoms with van der Waals surface area (Å²) >= 11 is 0. The van der Waals surface area contributed by atoms with E-state index in [0.29, 0.717) is 12.2 Å². The van der Waals surface area contributed by atoms with Crippen molar-refractivity contribution in [2.75, 3.05) is 17.5 Å². The van der Waals surface area contributed by atoms with Gasteiger partial charge in [0.15, 0.2) is 0 Å². The Hall–Kier alpha value is -1.07. The normalized spacial score (nSPS) is 11.3. The summed E-state index contributed by atoms with van der Waals surface area (Å²) in [7, 11) is -3.19. The second kappa shape index (κ2) is 4.43. The fourth-order valence-electron chi connectivity index (χ4n) is 1.17. The molecule has 1 aromatic carbocycles. The molecule has 0 heterocycles. The summed E-state index contributed by atoms with van der Waals surface area (Å²) in [5.74, 6) is 0. The summed E-state index contributed by atoms with van der Waals surface area (Å²) in [6, 6.07) is 7.22. The molecule has 0 saturated heterocycles. The number of hydrogen-bond donors (Lipinski definition) is 2. The fourth-order valence-corrected chi connectivity index (χ4v) is 1.73. The maximum Gasteiger partial charge on any atom is 0.229 e. The van der Waals surface area contributed by atoms with Gasteiger partial charge in [-0.25, -0.2) is 8.42 Å². The van der Waals surface area contributed by atoms with Crippen LogP contribution in [0.2, 0.25) is 0 Å².